The van der Waals surface area contributed by atoms with Crippen LogP contribution in [0.2, 0.25) is 18.1 Å². The quantitative estimate of drug-likeness (QED) is 0.702. The standard InChI is InChI=1S/C10H23NO3Si/c1-10(2,3)15(4,5)14-8(6-7-12)9(11)13/h8,12H,6-7H2,1-5H3,(H2,11,13)/t8-/m0/s1. The molecule has 0 spiro atoms. The van der Waals surface area contributed by atoms with E-state index in [4.69, 9.17) is 15.3 Å². The van der Waals surface area contributed by atoms with E-state index in [9.17, 15) is 4.79 Å². The predicted octanol–water partition coefficient (Wildman–Crippen LogP) is 1.24. The number of amides is 1. The van der Waals surface area contributed by atoms with Crippen molar-refractivity contribution in [1.29, 1.82) is 0 Å². The number of carbonyl (C=O) groups excluding carboxylic acids is 1. The van der Waals surface area contributed by atoms with Gasteiger partial charge in [-0.05, 0) is 18.1 Å². The van der Waals surface area contributed by atoms with Gasteiger partial charge >= 0.3 is 0 Å². The van der Waals surface area contributed by atoms with Gasteiger partial charge in [-0.15, -0.1) is 0 Å². The van der Waals surface area contributed by atoms with Crippen molar-refractivity contribution < 1.29 is 14.3 Å². The van der Waals surface area contributed by atoms with Gasteiger partial charge in [0.05, 0.1) is 0 Å². The maximum atomic E-state index is 11.1. The van der Waals surface area contributed by atoms with Crippen LogP contribution in [0.4, 0.5) is 0 Å². The molecule has 1 amide bonds. The minimum absolute atomic E-state index is 0.0379. The molecular weight excluding hydrogens is 210 g/mol. The van der Waals surface area contributed by atoms with Gasteiger partial charge in [0, 0.05) is 13.0 Å². The van der Waals surface area contributed by atoms with Gasteiger partial charge < -0.3 is 15.3 Å². The smallest absolute Gasteiger partial charge is 0.245 e. The summed E-state index contributed by atoms with van der Waals surface area (Å²) >= 11 is 0. The van der Waals surface area contributed by atoms with Crippen LogP contribution in [0.3, 0.4) is 0 Å². The number of nitrogens with two attached hydrogens (primary N) is 1. The zero-order valence-electron chi connectivity index (χ0n) is 10.3. The Hall–Kier alpha value is -0.393. The summed E-state index contributed by atoms with van der Waals surface area (Å²) in [5.41, 5.74) is 5.22. The summed E-state index contributed by atoms with van der Waals surface area (Å²) in [5, 5.41) is 8.85. The van der Waals surface area contributed by atoms with E-state index in [-0.39, 0.29) is 18.1 Å². The molecule has 5 heteroatoms. The Balaban J connectivity index is 4.59. The summed E-state index contributed by atoms with van der Waals surface area (Å²) in [6.07, 6.45) is -0.377. The third-order valence-electron chi connectivity index (χ3n) is 2.95. The van der Waals surface area contributed by atoms with Crippen LogP contribution in [0.25, 0.3) is 0 Å². The number of hydrogen-bond acceptors (Lipinski definition) is 3. The average molecular weight is 233 g/mol. The van der Waals surface area contributed by atoms with Gasteiger partial charge in [0.1, 0.15) is 6.10 Å². The summed E-state index contributed by atoms with van der Waals surface area (Å²) in [7, 11) is -1.98. The molecule has 0 fully saturated rings. The first kappa shape index (κ1) is 14.6. The fourth-order valence-electron chi connectivity index (χ4n) is 0.909. The Kier molecular flexibility index (Phi) is 4.96. The molecule has 0 aliphatic carbocycles. The van der Waals surface area contributed by atoms with E-state index in [1.54, 1.807) is 0 Å². The fraction of sp³-hybridized carbons (Fsp3) is 0.900. The molecule has 0 heterocycles. The monoisotopic (exact) mass is 233 g/mol. The maximum Gasteiger partial charge on any atom is 0.245 e. The molecule has 0 saturated carbocycles. The summed E-state index contributed by atoms with van der Waals surface area (Å²) in [5.74, 6) is -0.492. The van der Waals surface area contributed by atoms with Gasteiger partial charge in [-0.2, -0.15) is 0 Å². The van der Waals surface area contributed by atoms with Crippen LogP contribution in [-0.4, -0.2) is 32.0 Å². The SMILES string of the molecule is CC(C)(C)[Si](C)(C)O[C@@H](CCO)C(N)=O. The van der Waals surface area contributed by atoms with Gasteiger partial charge in [-0.25, -0.2) is 0 Å². The van der Waals surface area contributed by atoms with Gasteiger partial charge in [-0.1, -0.05) is 20.8 Å². The molecule has 0 unspecified atom stereocenters. The Morgan fingerprint density at radius 2 is 1.93 bits per heavy atom. The molecule has 0 saturated heterocycles. The van der Waals surface area contributed by atoms with E-state index >= 15 is 0 Å². The molecular formula is C10H23NO3Si. The summed E-state index contributed by atoms with van der Waals surface area (Å²) in [4.78, 5) is 11.1. The molecule has 0 aromatic heterocycles. The number of primary amides is 1. The molecule has 15 heavy (non-hydrogen) atoms. The van der Waals surface area contributed by atoms with Crippen molar-refractivity contribution in [2.45, 2.75) is 51.4 Å². The Labute approximate surface area is 92.9 Å². The lowest BCUT2D eigenvalue weighted by Gasteiger charge is -2.38. The third-order valence-corrected chi connectivity index (χ3v) is 7.44. The van der Waals surface area contributed by atoms with E-state index in [0.717, 1.165) is 0 Å². The molecule has 0 bridgehead atoms. The minimum atomic E-state index is -1.98. The van der Waals surface area contributed by atoms with E-state index < -0.39 is 20.3 Å². The molecule has 0 aliphatic rings. The molecule has 0 rings (SSSR count). The van der Waals surface area contributed by atoms with Gasteiger partial charge in [0.15, 0.2) is 8.32 Å². The average Bonchev–Trinajstić information content (AvgIpc) is 2.00. The zero-order valence-corrected chi connectivity index (χ0v) is 11.3. The Bertz CT molecular complexity index is 223. The number of carbonyl (C=O) groups is 1. The van der Waals surface area contributed by atoms with Gasteiger partial charge in [-0.3, -0.25) is 4.79 Å². The second-order valence-electron chi connectivity index (χ2n) is 5.28. The predicted molar refractivity (Wildman–Crippen MR) is 63.0 cm³/mol. The lowest BCUT2D eigenvalue weighted by atomic mass is 10.2. The number of aliphatic hydroxyl groups excluding tert-OH is 1. The minimum Gasteiger partial charge on any atom is -0.405 e. The van der Waals surface area contributed by atoms with Crippen molar-refractivity contribution in [3.63, 3.8) is 0 Å². The van der Waals surface area contributed by atoms with Crippen LogP contribution in [0.1, 0.15) is 27.2 Å². The number of hydrogen-bond donors (Lipinski definition) is 2. The van der Waals surface area contributed by atoms with Crippen LogP contribution < -0.4 is 5.73 Å². The van der Waals surface area contributed by atoms with E-state index in [1.165, 1.54) is 0 Å². The van der Waals surface area contributed by atoms with Crippen LogP contribution in [0.15, 0.2) is 0 Å². The van der Waals surface area contributed by atoms with Crippen LogP contribution in [-0.2, 0) is 9.22 Å². The van der Waals surface area contributed by atoms with E-state index in [0.29, 0.717) is 0 Å². The first-order chi connectivity index (χ1) is 6.62. The molecule has 0 aliphatic heterocycles. The highest BCUT2D eigenvalue weighted by molar-refractivity contribution is 6.74. The van der Waals surface area contributed by atoms with Crippen molar-refractivity contribution in [1.82, 2.24) is 0 Å². The molecule has 3 N–H and O–H groups in total. The zero-order chi connectivity index (χ0) is 12.3. The number of rotatable bonds is 5. The lowest BCUT2D eigenvalue weighted by Crippen LogP contribution is -2.47. The largest absolute Gasteiger partial charge is 0.405 e. The van der Waals surface area contributed by atoms with E-state index in [2.05, 4.69) is 33.9 Å². The first-order valence-corrected chi connectivity index (χ1v) is 8.10. The molecule has 0 aromatic carbocycles. The summed E-state index contributed by atoms with van der Waals surface area (Å²) < 4.78 is 5.81. The summed E-state index contributed by atoms with van der Waals surface area (Å²) in [6.45, 7) is 10.3. The summed E-state index contributed by atoms with van der Waals surface area (Å²) in [6, 6.07) is 0. The van der Waals surface area contributed by atoms with Crippen molar-refractivity contribution in [2.75, 3.05) is 6.61 Å². The maximum absolute atomic E-state index is 11.1. The number of aliphatic hydroxyl groups is 1. The highest BCUT2D eigenvalue weighted by Crippen LogP contribution is 2.37. The molecule has 1 atom stereocenters. The highest BCUT2D eigenvalue weighted by atomic mass is 28.4. The highest BCUT2D eigenvalue weighted by Gasteiger charge is 2.40. The van der Waals surface area contributed by atoms with Crippen molar-refractivity contribution in [2.24, 2.45) is 5.73 Å². The molecule has 0 aromatic rings. The van der Waals surface area contributed by atoms with Crippen molar-refractivity contribution in [3.05, 3.63) is 0 Å². The van der Waals surface area contributed by atoms with Crippen LogP contribution >= 0.6 is 0 Å². The Morgan fingerprint density at radius 1 is 1.47 bits per heavy atom. The third kappa shape index (κ3) is 4.32. The van der Waals surface area contributed by atoms with Crippen LogP contribution in [0.5, 0.6) is 0 Å². The van der Waals surface area contributed by atoms with Crippen molar-refractivity contribution >= 4 is 14.2 Å². The normalized spacial score (nSPS) is 15.1. The second-order valence-corrected chi connectivity index (χ2v) is 10.0. The topological polar surface area (TPSA) is 72.6 Å². The lowest BCUT2D eigenvalue weighted by molar-refractivity contribution is -0.125. The van der Waals surface area contributed by atoms with Crippen LogP contribution in [0, 0.1) is 0 Å². The van der Waals surface area contributed by atoms with Gasteiger partial charge in [0.25, 0.3) is 0 Å². The van der Waals surface area contributed by atoms with E-state index in [1.807, 2.05) is 0 Å². The first-order valence-electron chi connectivity index (χ1n) is 5.20. The Morgan fingerprint density at radius 3 is 2.20 bits per heavy atom. The second kappa shape index (κ2) is 5.09. The fourth-order valence-corrected chi connectivity index (χ4v) is 2.21. The molecule has 90 valence electrons. The van der Waals surface area contributed by atoms with Gasteiger partial charge in [0.2, 0.25) is 5.91 Å². The molecule has 4 nitrogen and oxygen atoms in total. The molecule has 0 radical (unpaired) electrons. The van der Waals surface area contributed by atoms with Crippen molar-refractivity contribution in [3.8, 4) is 0 Å².